The minimum atomic E-state index is -0.481. The maximum atomic E-state index is 12.7. The number of carbonyl (C=O) groups excluding carboxylic acids is 2. The number of methoxy groups -OCH3 is 1. The lowest BCUT2D eigenvalue weighted by molar-refractivity contribution is -0.135. The fourth-order valence-corrected chi connectivity index (χ4v) is 4.07. The Labute approximate surface area is 143 Å². The number of carbonyl (C=O) groups is 2. The number of hydrogen-bond acceptors (Lipinski definition) is 3. The van der Waals surface area contributed by atoms with Gasteiger partial charge >= 0.3 is 6.09 Å². The first-order chi connectivity index (χ1) is 11.6. The second kappa shape index (κ2) is 6.83. The van der Waals surface area contributed by atoms with Crippen molar-refractivity contribution in [3.05, 3.63) is 35.4 Å². The van der Waals surface area contributed by atoms with Gasteiger partial charge in [0.2, 0.25) is 5.91 Å². The highest BCUT2D eigenvalue weighted by atomic mass is 16.5. The number of nitrogens with one attached hydrogen (secondary N) is 1. The van der Waals surface area contributed by atoms with E-state index >= 15 is 0 Å². The van der Waals surface area contributed by atoms with Crippen LogP contribution >= 0.6 is 0 Å². The maximum absolute atomic E-state index is 12.7. The van der Waals surface area contributed by atoms with Crippen molar-refractivity contribution in [1.29, 1.82) is 0 Å². The summed E-state index contributed by atoms with van der Waals surface area (Å²) in [6.07, 6.45) is 0.237. The smallest absolute Gasteiger partial charge is 0.406 e. The zero-order valence-corrected chi connectivity index (χ0v) is 14.6. The molecule has 3 atom stereocenters. The third-order valence-corrected chi connectivity index (χ3v) is 5.57. The van der Waals surface area contributed by atoms with E-state index < -0.39 is 6.09 Å². The van der Waals surface area contributed by atoms with Crippen molar-refractivity contribution in [1.82, 2.24) is 10.2 Å². The predicted molar refractivity (Wildman–Crippen MR) is 91.7 cm³/mol. The summed E-state index contributed by atoms with van der Waals surface area (Å²) in [7, 11) is 1.33. The highest BCUT2D eigenvalue weighted by Gasteiger charge is 2.57. The average molecular weight is 330 g/mol. The molecule has 0 bridgehead atoms. The van der Waals surface area contributed by atoms with Gasteiger partial charge < -0.3 is 15.0 Å². The summed E-state index contributed by atoms with van der Waals surface area (Å²) in [5, 5.41) is 2.64. The predicted octanol–water partition coefficient (Wildman–Crippen LogP) is 2.55. The number of benzene rings is 1. The van der Waals surface area contributed by atoms with Crippen molar-refractivity contribution in [3.63, 3.8) is 0 Å². The van der Waals surface area contributed by atoms with Crippen molar-refractivity contribution >= 4 is 12.0 Å². The molecule has 2 fully saturated rings. The van der Waals surface area contributed by atoms with Crippen LogP contribution in [0.4, 0.5) is 4.79 Å². The largest absolute Gasteiger partial charge is 0.453 e. The molecular formula is C19H26N2O3. The van der Waals surface area contributed by atoms with Crippen LogP contribution in [0.25, 0.3) is 0 Å². The van der Waals surface area contributed by atoms with Crippen LogP contribution in [0.1, 0.15) is 30.4 Å². The summed E-state index contributed by atoms with van der Waals surface area (Å²) in [6.45, 7) is 6.18. The quantitative estimate of drug-likeness (QED) is 0.902. The Balaban J connectivity index is 1.55. The Morgan fingerprint density at radius 1 is 1.29 bits per heavy atom. The number of alkyl carbamates (subject to hydrolysis) is 1. The molecule has 1 aliphatic heterocycles. The average Bonchev–Trinajstić information content (AvgIpc) is 3.07. The van der Waals surface area contributed by atoms with Gasteiger partial charge in [0.05, 0.1) is 13.0 Å². The molecule has 0 radical (unpaired) electrons. The molecular weight excluding hydrogens is 304 g/mol. The summed E-state index contributed by atoms with van der Waals surface area (Å²) in [5.41, 5.74) is 2.79. The highest BCUT2D eigenvalue weighted by molar-refractivity contribution is 5.80. The van der Waals surface area contributed by atoms with Crippen molar-refractivity contribution in [3.8, 4) is 0 Å². The van der Waals surface area contributed by atoms with Crippen molar-refractivity contribution in [2.75, 3.05) is 26.7 Å². The minimum absolute atomic E-state index is 0.157. The molecule has 1 N–H and O–H groups in total. The first-order valence-electron chi connectivity index (χ1n) is 8.73. The molecule has 5 heteroatoms. The summed E-state index contributed by atoms with van der Waals surface area (Å²) in [5.74, 6) is 1.80. The molecule has 3 rings (SSSR count). The summed E-state index contributed by atoms with van der Waals surface area (Å²) < 4.78 is 4.57. The van der Waals surface area contributed by atoms with E-state index in [4.69, 9.17) is 0 Å². The van der Waals surface area contributed by atoms with E-state index in [1.54, 1.807) is 0 Å². The fourth-order valence-electron chi connectivity index (χ4n) is 4.07. The molecule has 5 nitrogen and oxygen atoms in total. The van der Waals surface area contributed by atoms with Crippen LogP contribution in [0, 0.1) is 24.7 Å². The van der Waals surface area contributed by atoms with E-state index in [9.17, 15) is 9.59 Å². The lowest BCUT2D eigenvalue weighted by atomic mass is 10.0. The Morgan fingerprint density at radius 3 is 2.54 bits per heavy atom. The summed E-state index contributed by atoms with van der Waals surface area (Å²) in [6, 6.07) is 8.56. The maximum Gasteiger partial charge on any atom is 0.406 e. The van der Waals surface area contributed by atoms with E-state index in [-0.39, 0.29) is 11.8 Å². The zero-order chi connectivity index (χ0) is 17.3. The van der Waals surface area contributed by atoms with Crippen LogP contribution in [0.2, 0.25) is 0 Å². The van der Waals surface area contributed by atoms with Gasteiger partial charge in [-0.3, -0.25) is 4.79 Å². The molecule has 1 aromatic rings. The van der Waals surface area contributed by atoms with Gasteiger partial charge in [0.15, 0.2) is 0 Å². The second-order valence-electron chi connectivity index (χ2n) is 6.93. The van der Waals surface area contributed by atoms with E-state index in [2.05, 4.69) is 41.2 Å². The fraction of sp³-hybridized carbons (Fsp3) is 0.579. The molecule has 1 heterocycles. The van der Waals surface area contributed by atoms with Crippen LogP contribution in [0.5, 0.6) is 0 Å². The van der Waals surface area contributed by atoms with E-state index in [0.29, 0.717) is 24.3 Å². The molecule has 0 spiro atoms. The number of amides is 2. The number of aryl methyl sites for hydroxylation is 1. The monoisotopic (exact) mass is 330 g/mol. The van der Waals surface area contributed by atoms with Gasteiger partial charge in [-0.25, -0.2) is 4.79 Å². The Morgan fingerprint density at radius 2 is 1.96 bits per heavy atom. The Kier molecular flexibility index (Phi) is 4.78. The second-order valence-corrected chi connectivity index (χ2v) is 6.93. The van der Waals surface area contributed by atoms with Gasteiger partial charge in [0.25, 0.3) is 0 Å². The molecule has 24 heavy (non-hydrogen) atoms. The summed E-state index contributed by atoms with van der Waals surface area (Å²) in [4.78, 5) is 25.9. The molecule has 0 aromatic heterocycles. The van der Waals surface area contributed by atoms with E-state index in [0.717, 1.165) is 19.5 Å². The molecule has 1 aliphatic carbocycles. The molecule has 1 aromatic carbocycles. The standard InChI is InChI=1S/C19H26N2O3/c1-4-13(9-20-19(23)24-3)18(22)21-10-15-16(11-21)17(15)14-8-6-5-7-12(14)2/h5-8,13,15-17H,4,9-11H2,1-3H3,(H,20,23). The van der Waals surface area contributed by atoms with Gasteiger partial charge in [-0.2, -0.15) is 0 Å². The van der Waals surface area contributed by atoms with E-state index in [1.807, 2.05) is 11.8 Å². The van der Waals surface area contributed by atoms with Crippen molar-refractivity contribution in [2.45, 2.75) is 26.2 Å². The lowest BCUT2D eigenvalue weighted by Crippen LogP contribution is -2.41. The molecule has 130 valence electrons. The van der Waals surface area contributed by atoms with E-state index in [1.165, 1.54) is 18.2 Å². The SMILES string of the molecule is CCC(CNC(=O)OC)C(=O)N1CC2C(C1)C2c1ccccc1C. The highest BCUT2D eigenvalue weighted by Crippen LogP contribution is 2.58. The van der Waals surface area contributed by atoms with Crippen LogP contribution in [-0.2, 0) is 9.53 Å². The molecule has 2 aliphatic rings. The Hall–Kier alpha value is -2.04. The van der Waals surface area contributed by atoms with Gasteiger partial charge in [-0.1, -0.05) is 31.2 Å². The molecule has 2 amide bonds. The van der Waals surface area contributed by atoms with Crippen LogP contribution in [0.3, 0.4) is 0 Å². The number of hydrogen-bond donors (Lipinski definition) is 1. The topological polar surface area (TPSA) is 58.6 Å². The number of ether oxygens (including phenoxy) is 1. The number of nitrogens with zero attached hydrogens (tertiary/aromatic N) is 1. The van der Waals surface area contributed by atoms with Gasteiger partial charge in [-0.05, 0) is 42.2 Å². The van der Waals surface area contributed by atoms with Crippen LogP contribution < -0.4 is 5.32 Å². The van der Waals surface area contributed by atoms with Gasteiger partial charge in [0.1, 0.15) is 0 Å². The summed E-state index contributed by atoms with van der Waals surface area (Å²) >= 11 is 0. The first-order valence-corrected chi connectivity index (χ1v) is 8.73. The van der Waals surface area contributed by atoms with Gasteiger partial charge in [0, 0.05) is 19.6 Å². The zero-order valence-electron chi connectivity index (χ0n) is 14.6. The number of fused-ring (bicyclic) bond motifs is 1. The third-order valence-electron chi connectivity index (χ3n) is 5.57. The minimum Gasteiger partial charge on any atom is -0.453 e. The molecule has 1 saturated carbocycles. The number of likely N-dealkylation sites (tertiary alicyclic amines) is 1. The number of piperidine rings is 1. The molecule has 1 saturated heterocycles. The van der Waals surface area contributed by atoms with Crippen LogP contribution in [-0.4, -0.2) is 43.6 Å². The van der Waals surface area contributed by atoms with Crippen molar-refractivity contribution < 1.29 is 14.3 Å². The third kappa shape index (κ3) is 3.12. The van der Waals surface area contributed by atoms with Gasteiger partial charge in [-0.15, -0.1) is 0 Å². The van der Waals surface area contributed by atoms with Crippen LogP contribution in [0.15, 0.2) is 24.3 Å². The Bertz CT molecular complexity index is 619. The first kappa shape index (κ1) is 16.8. The normalized spacial score (nSPS) is 25.8. The lowest BCUT2D eigenvalue weighted by Gasteiger charge is -2.25. The van der Waals surface area contributed by atoms with Crippen molar-refractivity contribution in [2.24, 2.45) is 17.8 Å². The number of rotatable bonds is 5. The molecule has 3 unspecified atom stereocenters.